The molecule has 2 N–H and O–H groups in total. The van der Waals surface area contributed by atoms with Crippen molar-refractivity contribution in [3.8, 4) is 0 Å². The van der Waals surface area contributed by atoms with Gasteiger partial charge in [-0.15, -0.1) is 0 Å². The minimum Gasteiger partial charge on any atom is -0.395 e. The summed E-state index contributed by atoms with van der Waals surface area (Å²) >= 11 is 11.7. The largest absolute Gasteiger partial charge is 0.395 e. The number of hydrogen-bond donors (Lipinski definition) is 2. The highest BCUT2D eigenvalue weighted by molar-refractivity contribution is 6.35. The summed E-state index contributed by atoms with van der Waals surface area (Å²) in [6.45, 7) is 2.66. The van der Waals surface area contributed by atoms with Crippen molar-refractivity contribution in [1.82, 2.24) is 5.32 Å². The first-order valence-corrected chi connectivity index (χ1v) is 5.17. The van der Waals surface area contributed by atoms with E-state index in [-0.39, 0.29) is 12.6 Å². The van der Waals surface area contributed by atoms with E-state index >= 15 is 0 Å². The first kappa shape index (κ1) is 11.8. The molecule has 0 bridgehead atoms. The van der Waals surface area contributed by atoms with Crippen LogP contribution in [0.3, 0.4) is 0 Å². The third-order valence-corrected chi connectivity index (χ3v) is 2.52. The van der Waals surface area contributed by atoms with Gasteiger partial charge in [-0.2, -0.15) is 0 Å². The summed E-state index contributed by atoms with van der Waals surface area (Å²) in [5.74, 6) is 0. The van der Waals surface area contributed by atoms with Crippen LogP contribution in [0.25, 0.3) is 0 Å². The van der Waals surface area contributed by atoms with Crippen LogP contribution in [0.1, 0.15) is 12.5 Å². The van der Waals surface area contributed by atoms with Crippen LogP contribution in [0.5, 0.6) is 0 Å². The van der Waals surface area contributed by atoms with Gasteiger partial charge in [0.2, 0.25) is 0 Å². The highest BCUT2D eigenvalue weighted by Gasteiger charge is 2.03. The fourth-order valence-corrected chi connectivity index (χ4v) is 1.49. The number of aliphatic hydroxyl groups is 1. The zero-order valence-corrected chi connectivity index (χ0v) is 9.44. The van der Waals surface area contributed by atoms with Gasteiger partial charge in [-0.3, -0.25) is 0 Å². The second-order valence-corrected chi connectivity index (χ2v) is 4.04. The minimum absolute atomic E-state index is 0.0711. The summed E-state index contributed by atoms with van der Waals surface area (Å²) in [4.78, 5) is 0. The molecule has 0 fully saturated rings. The number of halogens is 2. The van der Waals surface area contributed by atoms with Crippen molar-refractivity contribution in [2.24, 2.45) is 0 Å². The summed E-state index contributed by atoms with van der Waals surface area (Å²) in [5.41, 5.74) is 0.983. The van der Waals surface area contributed by atoms with Crippen LogP contribution in [0.4, 0.5) is 0 Å². The molecule has 0 amide bonds. The molecule has 4 heteroatoms. The molecule has 1 aromatic rings. The zero-order valence-electron chi connectivity index (χ0n) is 7.93. The molecule has 0 saturated heterocycles. The fraction of sp³-hybridized carbons (Fsp3) is 0.400. The molecule has 0 spiro atoms. The Labute approximate surface area is 93.8 Å². The minimum atomic E-state index is 0.0711. The van der Waals surface area contributed by atoms with E-state index in [4.69, 9.17) is 28.3 Å². The van der Waals surface area contributed by atoms with Crippen LogP contribution in [0, 0.1) is 0 Å². The van der Waals surface area contributed by atoms with Crippen molar-refractivity contribution < 1.29 is 5.11 Å². The Balaban J connectivity index is 2.59. The Morgan fingerprint density at radius 3 is 2.71 bits per heavy atom. The van der Waals surface area contributed by atoms with Gasteiger partial charge < -0.3 is 10.4 Å². The van der Waals surface area contributed by atoms with E-state index in [1.807, 2.05) is 13.0 Å². The first-order chi connectivity index (χ1) is 6.63. The van der Waals surface area contributed by atoms with Gasteiger partial charge in [-0.05, 0) is 24.6 Å². The number of nitrogens with one attached hydrogen (secondary N) is 1. The molecule has 0 aromatic heterocycles. The molecule has 2 nitrogen and oxygen atoms in total. The molecule has 0 heterocycles. The molecule has 78 valence electrons. The van der Waals surface area contributed by atoms with E-state index < -0.39 is 0 Å². The second kappa shape index (κ2) is 5.56. The zero-order chi connectivity index (χ0) is 10.6. The molecule has 1 rings (SSSR count). The lowest BCUT2D eigenvalue weighted by Gasteiger charge is -2.11. The van der Waals surface area contributed by atoms with E-state index in [9.17, 15) is 0 Å². The molecule has 0 unspecified atom stereocenters. The Morgan fingerprint density at radius 1 is 1.43 bits per heavy atom. The van der Waals surface area contributed by atoms with Crippen molar-refractivity contribution in [3.05, 3.63) is 33.8 Å². The number of aliphatic hydroxyl groups excluding tert-OH is 1. The Morgan fingerprint density at radius 2 is 2.14 bits per heavy atom. The Bertz CT molecular complexity index is 304. The Hall–Kier alpha value is -0.280. The Kier molecular flexibility index (Phi) is 4.69. The molecule has 0 aliphatic carbocycles. The molecule has 0 aliphatic rings. The average Bonchev–Trinajstić information content (AvgIpc) is 2.16. The highest BCUT2D eigenvalue weighted by Crippen LogP contribution is 2.20. The van der Waals surface area contributed by atoms with Gasteiger partial charge in [0, 0.05) is 22.6 Å². The summed E-state index contributed by atoms with van der Waals surface area (Å²) < 4.78 is 0. The van der Waals surface area contributed by atoms with Gasteiger partial charge in [-0.25, -0.2) is 0 Å². The van der Waals surface area contributed by atoms with Crippen LogP contribution in [0.15, 0.2) is 18.2 Å². The maximum atomic E-state index is 8.81. The summed E-state index contributed by atoms with van der Waals surface area (Å²) in [6, 6.07) is 5.46. The highest BCUT2D eigenvalue weighted by atomic mass is 35.5. The molecular weight excluding hydrogens is 221 g/mol. The smallest absolute Gasteiger partial charge is 0.0582 e. The molecular formula is C10H13Cl2NO. The molecule has 0 aliphatic heterocycles. The molecule has 1 atom stereocenters. The van der Waals surface area contributed by atoms with Crippen molar-refractivity contribution in [3.63, 3.8) is 0 Å². The quantitative estimate of drug-likeness (QED) is 0.838. The summed E-state index contributed by atoms with van der Waals surface area (Å²) in [7, 11) is 0. The molecule has 0 saturated carbocycles. The predicted molar refractivity (Wildman–Crippen MR) is 59.8 cm³/mol. The lowest BCUT2D eigenvalue weighted by atomic mass is 10.2. The van der Waals surface area contributed by atoms with Crippen molar-refractivity contribution >= 4 is 23.2 Å². The SMILES string of the molecule is C[C@H](CO)NCc1ccc(Cl)cc1Cl. The van der Waals surface area contributed by atoms with Crippen LogP contribution in [0.2, 0.25) is 10.0 Å². The van der Waals surface area contributed by atoms with Gasteiger partial charge in [0.1, 0.15) is 0 Å². The summed E-state index contributed by atoms with van der Waals surface area (Å²) in [5, 5.41) is 13.2. The van der Waals surface area contributed by atoms with Crippen LogP contribution >= 0.6 is 23.2 Å². The standard InChI is InChI=1S/C10H13Cl2NO/c1-7(6-14)13-5-8-2-3-9(11)4-10(8)12/h2-4,7,13-14H,5-6H2,1H3/t7-/m1/s1. The average molecular weight is 234 g/mol. The van der Waals surface area contributed by atoms with Gasteiger partial charge in [0.25, 0.3) is 0 Å². The second-order valence-electron chi connectivity index (χ2n) is 3.20. The lowest BCUT2D eigenvalue weighted by Crippen LogP contribution is -2.28. The topological polar surface area (TPSA) is 32.3 Å². The number of rotatable bonds is 4. The van der Waals surface area contributed by atoms with E-state index in [1.165, 1.54) is 0 Å². The maximum Gasteiger partial charge on any atom is 0.0582 e. The van der Waals surface area contributed by atoms with Gasteiger partial charge in [0.15, 0.2) is 0 Å². The predicted octanol–water partition coefficient (Wildman–Crippen LogP) is 2.46. The molecule has 14 heavy (non-hydrogen) atoms. The third kappa shape index (κ3) is 3.46. The maximum absolute atomic E-state index is 8.81. The van der Waals surface area contributed by atoms with Gasteiger partial charge in [0.05, 0.1) is 6.61 Å². The number of hydrogen-bond acceptors (Lipinski definition) is 2. The first-order valence-electron chi connectivity index (χ1n) is 4.41. The van der Waals surface area contributed by atoms with E-state index in [0.717, 1.165) is 5.56 Å². The van der Waals surface area contributed by atoms with Gasteiger partial charge in [-0.1, -0.05) is 29.3 Å². The number of benzene rings is 1. The third-order valence-electron chi connectivity index (χ3n) is 1.93. The monoisotopic (exact) mass is 233 g/mol. The molecule has 0 radical (unpaired) electrons. The van der Waals surface area contributed by atoms with Crippen molar-refractivity contribution in [1.29, 1.82) is 0 Å². The van der Waals surface area contributed by atoms with Crippen molar-refractivity contribution in [2.75, 3.05) is 6.61 Å². The van der Waals surface area contributed by atoms with Crippen molar-refractivity contribution in [2.45, 2.75) is 19.5 Å². The molecule has 1 aromatic carbocycles. The normalized spacial score (nSPS) is 12.9. The lowest BCUT2D eigenvalue weighted by molar-refractivity contribution is 0.251. The van der Waals surface area contributed by atoms with E-state index in [0.29, 0.717) is 16.6 Å². The van der Waals surface area contributed by atoms with Crippen LogP contribution in [-0.2, 0) is 6.54 Å². The van der Waals surface area contributed by atoms with E-state index in [1.54, 1.807) is 12.1 Å². The summed E-state index contributed by atoms with van der Waals surface area (Å²) in [6.07, 6.45) is 0. The van der Waals surface area contributed by atoms with Crippen LogP contribution < -0.4 is 5.32 Å². The van der Waals surface area contributed by atoms with Crippen LogP contribution in [-0.4, -0.2) is 17.8 Å². The van der Waals surface area contributed by atoms with Gasteiger partial charge >= 0.3 is 0 Å². The van der Waals surface area contributed by atoms with E-state index in [2.05, 4.69) is 5.32 Å². The fourth-order valence-electron chi connectivity index (χ4n) is 1.01.